The molecular formula is C31H36O5. The lowest BCUT2D eigenvalue weighted by atomic mass is 9.80. The van der Waals surface area contributed by atoms with Crippen molar-refractivity contribution in [3.63, 3.8) is 0 Å². The van der Waals surface area contributed by atoms with E-state index in [9.17, 15) is 9.59 Å². The summed E-state index contributed by atoms with van der Waals surface area (Å²) < 4.78 is 16.7. The first-order valence-electron chi connectivity index (χ1n) is 12.2. The van der Waals surface area contributed by atoms with Crippen LogP contribution in [0.1, 0.15) is 68.6 Å². The number of ether oxygens (including phenoxy) is 3. The molecule has 3 aromatic carbocycles. The largest absolute Gasteiger partial charge is 0.482 e. The average molecular weight is 489 g/mol. The summed E-state index contributed by atoms with van der Waals surface area (Å²) >= 11 is 0. The first-order valence-corrected chi connectivity index (χ1v) is 12.2. The molecule has 0 N–H and O–H groups in total. The van der Waals surface area contributed by atoms with Gasteiger partial charge in [-0.1, -0.05) is 90.1 Å². The van der Waals surface area contributed by atoms with Gasteiger partial charge in [-0.25, -0.2) is 9.59 Å². The molecule has 5 heteroatoms. The number of rotatable bonds is 8. The molecule has 0 atom stereocenters. The van der Waals surface area contributed by atoms with E-state index >= 15 is 0 Å². The second-order valence-corrected chi connectivity index (χ2v) is 10.9. The summed E-state index contributed by atoms with van der Waals surface area (Å²) in [7, 11) is 0. The fourth-order valence-corrected chi connectivity index (χ4v) is 3.68. The maximum Gasteiger partial charge on any atom is 0.349 e. The van der Waals surface area contributed by atoms with Gasteiger partial charge in [0.25, 0.3) is 0 Å². The van der Waals surface area contributed by atoms with Crippen molar-refractivity contribution in [2.75, 3.05) is 13.2 Å². The summed E-state index contributed by atoms with van der Waals surface area (Å²) in [4.78, 5) is 24.9. The minimum atomic E-state index is -0.552. The van der Waals surface area contributed by atoms with Gasteiger partial charge in [0, 0.05) is 6.42 Å². The summed E-state index contributed by atoms with van der Waals surface area (Å²) in [6.45, 7) is 12.9. The summed E-state index contributed by atoms with van der Waals surface area (Å²) in [5.41, 5.74) is 3.50. The predicted octanol–water partition coefficient (Wildman–Crippen LogP) is 6.67. The molecule has 0 fully saturated rings. The maximum atomic E-state index is 12.5. The van der Waals surface area contributed by atoms with E-state index < -0.39 is 11.9 Å². The number of hydrogen-bond acceptors (Lipinski definition) is 5. The Morgan fingerprint density at radius 2 is 1.50 bits per heavy atom. The predicted molar refractivity (Wildman–Crippen MR) is 142 cm³/mol. The molecule has 0 bridgehead atoms. The van der Waals surface area contributed by atoms with Crippen LogP contribution < -0.4 is 9.47 Å². The zero-order chi connectivity index (χ0) is 26.3. The molecule has 0 saturated carbocycles. The van der Waals surface area contributed by atoms with Gasteiger partial charge in [0.1, 0.15) is 11.5 Å². The Kier molecular flexibility index (Phi) is 8.57. The molecule has 36 heavy (non-hydrogen) atoms. The van der Waals surface area contributed by atoms with Gasteiger partial charge in [-0.3, -0.25) is 0 Å². The molecule has 0 saturated heterocycles. The van der Waals surface area contributed by atoms with Crippen molar-refractivity contribution in [2.24, 2.45) is 0 Å². The number of carbonyl (C=O) groups is 2. The van der Waals surface area contributed by atoms with E-state index in [1.165, 1.54) is 11.6 Å². The second-order valence-electron chi connectivity index (χ2n) is 10.9. The average Bonchev–Trinajstić information content (AvgIpc) is 2.82. The van der Waals surface area contributed by atoms with Crippen LogP contribution >= 0.6 is 0 Å². The Morgan fingerprint density at radius 3 is 2.17 bits per heavy atom. The molecular weight excluding hydrogens is 452 g/mol. The van der Waals surface area contributed by atoms with Crippen LogP contribution in [0, 0.1) is 0 Å². The van der Waals surface area contributed by atoms with E-state index in [0.29, 0.717) is 17.7 Å². The zero-order valence-electron chi connectivity index (χ0n) is 22.1. The Labute approximate surface area is 214 Å². The van der Waals surface area contributed by atoms with Gasteiger partial charge < -0.3 is 14.2 Å². The highest BCUT2D eigenvalue weighted by Gasteiger charge is 2.23. The fraction of sp³-hybridized carbons (Fsp3) is 0.355. The highest BCUT2D eigenvalue weighted by Crippen LogP contribution is 2.35. The van der Waals surface area contributed by atoms with Gasteiger partial charge >= 0.3 is 11.9 Å². The third-order valence-corrected chi connectivity index (χ3v) is 5.77. The molecule has 0 heterocycles. The van der Waals surface area contributed by atoms with Gasteiger partial charge in [-0.15, -0.1) is 0 Å². The van der Waals surface area contributed by atoms with E-state index in [4.69, 9.17) is 14.2 Å². The summed E-state index contributed by atoms with van der Waals surface area (Å²) in [6.07, 6.45) is 0.631. The SMILES string of the molecule is CC(C)(C)c1ccc(OCC(=O)Oc2cccc(C(=O)OCCc3ccccc3)c2)c(C(C)(C)C)c1. The first-order chi connectivity index (χ1) is 16.9. The van der Waals surface area contributed by atoms with Gasteiger partial charge in [0.05, 0.1) is 12.2 Å². The Hall–Kier alpha value is -3.60. The fourth-order valence-electron chi connectivity index (χ4n) is 3.68. The van der Waals surface area contributed by atoms with Gasteiger partial charge in [0.15, 0.2) is 6.61 Å². The second kappa shape index (κ2) is 11.4. The van der Waals surface area contributed by atoms with E-state index in [2.05, 4.69) is 47.6 Å². The molecule has 0 aromatic heterocycles. The van der Waals surface area contributed by atoms with Crippen LogP contribution in [0.3, 0.4) is 0 Å². The van der Waals surface area contributed by atoms with Crippen molar-refractivity contribution in [1.82, 2.24) is 0 Å². The third kappa shape index (κ3) is 7.70. The Balaban J connectivity index is 1.59. The van der Waals surface area contributed by atoms with Crippen LogP contribution in [-0.4, -0.2) is 25.2 Å². The van der Waals surface area contributed by atoms with E-state index in [0.717, 1.165) is 11.1 Å². The highest BCUT2D eigenvalue weighted by atomic mass is 16.6. The third-order valence-electron chi connectivity index (χ3n) is 5.77. The van der Waals surface area contributed by atoms with Crippen molar-refractivity contribution in [2.45, 2.75) is 58.8 Å². The monoisotopic (exact) mass is 488 g/mol. The topological polar surface area (TPSA) is 61.8 Å². The standard InChI is InChI=1S/C31H36O5/c1-30(2,3)24-15-16-27(26(20-24)31(4,5)6)35-21-28(32)36-25-14-10-13-23(19-25)29(33)34-18-17-22-11-8-7-9-12-22/h7-16,19-20H,17-18,21H2,1-6H3. The molecule has 0 spiro atoms. The summed E-state index contributed by atoms with van der Waals surface area (Å²) in [6, 6.07) is 22.3. The molecule has 0 radical (unpaired) electrons. The Morgan fingerprint density at radius 1 is 0.778 bits per heavy atom. The number of benzene rings is 3. The molecule has 0 amide bonds. The molecule has 3 rings (SSSR count). The van der Waals surface area contributed by atoms with E-state index in [1.54, 1.807) is 18.2 Å². The molecule has 3 aromatic rings. The van der Waals surface area contributed by atoms with Crippen molar-refractivity contribution in [3.8, 4) is 11.5 Å². The zero-order valence-corrected chi connectivity index (χ0v) is 22.1. The van der Waals surface area contributed by atoms with Crippen LogP contribution in [0.2, 0.25) is 0 Å². The summed E-state index contributed by atoms with van der Waals surface area (Å²) in [5.74, 6) is -0.0957. The van der Waals surface area contributed by atoms with E-state index in [1.807, 2.05) is 42.5 Å². The van der Waals surface area contributed by atoms with Crippen LogP contribution in [0.4, 0.5) is 0 Å². The lowest BCUT2D eigenvalue weighted by molar-refractivity contribution is -0.136. The molecule has 0 aliphatic rings. The van der Waals surface area contributed by atoms with Crippen molar-refractivity contribution in [3.05, 3.63) is 95.1 Å². The van der Waals surface area contributed by atoms with Crippen molar-refractivity contribution >= 4 is 11.9 Å². The number of esters is 2. The van der Waals surface area contributed by atoms with E-state index in [-0.39, 0.29) is 29.8 Å². The minimum Gasteiger partial charge on any atom is -0.482 e. The van der Waals surface area contributed by atoms with Crippen LogP contribution in [0.5, 0.6) is 11.5 Å². The lowest BCUT2D eigenvalue weighted by Crippen LogP contribution is -2.21. The van der Waals surface area contributed by atoms with Gasteiger partial charge in [-0.2, -0.15) is 0 Å². The number of hydrogen-bond donors (Lipinski definition) is 0. The summed E-state index contributed by atoms with van der Waals surface area (Å²) in [5, 5.41) is 0. The van der Waals surface area contributed by atoms with Crippen LogP contribution in [0.15, 0.2) is 72.8 Å². The van der Waals surface area contributed by atoms with Gasteiger partial charge in [-0.05, 0) is 51.8 Å². The quantitative estimate of drug-likeness (QED) is 0.262. The highest BCUT2D eigenvalue weighted by molar-refractivity contribution is 5.90. The van der Waals surface area contributed by atoms with Crippen LogP contribution in [-0.2, 0) is 26.8 Å². The van der Waals surface area contributed by atoms with Crippen molar-refractivity contribution < 1.29 is 23.8 Å². The van der Waals surface area contributed by atoms with Crippen LogP contribution in [0.25, 0.3) is 0 Å². The smallest absolute Gasteiger partial charge is 0.349 e. The maximum absolute atomic E-state index is 12.5. The molecule has 190 valence electrons. The normalized spacial score (nSPS) is 11.6. The molecule has 0 unspecified atom stereocenters. The molecule has 5 nitrogen and oxygen atoms in total. The Bertz CT molecular complexity index is 1180. The molecule has 0 aliphatic heterocycles. The first kappa shape index (κ1) is 27.0. The van der Waals surface area contributed by atoms with Gasteiger partial charge in [0.2, 0.25) is 0 Å². The lowest BCUT2D eigenvalue weighted by Gasteiger charge is -2.27. The molecule has 0 aliphatic carbocycles. The van der Waals surface area contributed by atoms with Crippen molar-refractivity contribution in [1.29, 1.82) is 0 Å². The number of carbonyl (C=O) groups excluding carboxylic acids is 2. The minimum absolute atomic E-state index is 0.00513.